The highest BCUT2D eigenvalue weighted by atomic mass is 16.5. The van der Waals surface area contributed by atoms with Crippen LogP contribution < -0.4 is 14.2 Å². The Kier molecular flexibility index (Phi) is 4.70. The van der Waals surface area contributed by atoms with Gasteiger partial charge in [0.05, 0.1) is 5.56 Å². The molecule has 0 amide bonds. The summed E-state index contributed by atoms with van der Waals surface area (Å²) in [7, 11) is 2.10. The molecule has 4 heteroatoms. The number of rotatable bonds is 3. The number of para-hydroxylation sites is 1. The van der Waals surface area contributed by atoms with Crippen LogP contribution in [0.15, 0.2) is 110 Å². The second kappa shape index (κ2) is 7.77. The molecule has 0 unspecified atom stereocenters. The fraction of sp³-hybridized carbons (Fsp3) is 0.167. The van der Waals surface area contributed by atoms with Crippen LogP contribution >= 0.6 is 0 Å². The first-order valence-corrected chi connectivity index (χ1v) is 11.7. The molecule has 2 aliphatic heterocycles. The smallest absolute Gasteiger partial charge is 0.399 e. The van der Waals surface area contributed by atoms with E-state index < -0.39 is 5.54 Å². The monoisotopic (exact) mass is 446 g/mol. The minimum atomic E-state index is -0.576. The molecule has 0 saturated carbocycles. The quantitative estimate of drug-likeness (QED) is 0.327. The summed E-state index contributed by atoms with van der Waals surface area (Å²) in [4.78, 5) is 4.51. The van der Waals surface area contributed by atoms with Crippen LogP contribution in [0.5, 0.6) is 11.6 Å². The van der Waals surface area contributed by atoms with Crippen molar-refractivity contribution in [2.24, 2.45) is 0 Å². The van der Waals surface area contributed by atoms with Crippen LogP contribution in [0, 0.1) is 6.92 Å². The summed E-state index contributed by atoms with van der Waals surface area (Å²) in [6, 6.07) is 32.1. The van der Waals surface area contributed by atoms with E-state index in [1.165, 1.54) is 16.7 Å². The van der Waals surface area contributed by atoms with E-state index in [0.29, 0.717) is 0 Å². The minimum absolute atomic E-state index is 0.189. The Bertz CT molecular complexity index is 1340. The van der Waals surface area contributed by atoms with Gasteiger partial charge in [-0.05, 0) is 31.5 Å². The SMILES string of the molecule is Cc1cc[n+]2c(c1N1C=CN(C)[C@@H]1C)Oc1ccccc1C2(c1ccccc1)c1ccccc1. The van der Waals surface area contributed by atoms with E-state index in [1.807, 2.05) is 0 Å². The predicted octanol–water partition coefficient (Wildman–Crippen LogP) is 5.80. The molecule has 0 spiro atoms. The van der Waals surface area contributed by atoms with Crippen molar-refractivity contribution in [3.63, 3.8) is 0 Å². The molecule has 6 rings (SSSR count). The molecule has 3 heterocycles. The van der Waals surface area contributed by atoms with Crippen LogP contribution in [0.1, 0.15) is 29.2 Å². The second-order valence-corrected chi connectivity index (χ2v) is 9.07. The molecule has 0 aliphatic carbocycles. The van der Waals surface area contributed by atoms with Crippen LogP contribution in [0.2, 0.25) is 0 Å². The summed E-state index contributed by atoms with van der Waals surface area (Å²) in [5.74, 6) is 1.73. The number of benzene rings is 3. The molecule has 168 valence electrons. The Balaban J connectivity index is 1.74. The third kappa shape index (κ3) is 2.81. The van der Waals surface area contributed by atoms with Gasteiger partial charge in [0.25, 0.3) is 5.54 Å². The normalized spacial score (nSPS) is 17.8. The first kappa shape index (κ1) is 20.5. The molecule has 0 saturated heterocycles. The third-order valence-corrected chi connectivity index (χ3v) is 7.21. The van der Waals surface area contributed by atoms with Crippen molar-refractivity contribution in [1.82, 2.24) is 4.90 Å². The maximum Gasteiger partial charge on any atom is 0.399 e. The average molecular weight is 447 g/mol. The Hall–Kier alpha value is -4.05. The van der Waals surface area contributed by atoms with Crippen LogP contribution in [0.4, 0.5) is 5.69 Å². The van der Waals surface area contributed by atoms with Crippen LogP contribution in [0.3, 0.4) is 0 Å². The van der Waals surface area contributed by atoms with Gasteiger partial charge in [-0.25, -0.2) is 0 Å². The molecule has 34 heavy (non-hydrogen) atoms. The molecule has 4 aromatic rings. The number of aromatic nitrogens is 1. The molecule has 0 bridgehead atoms. The van der Waals surface area contributed by atoms with Gasteiger partial charge in [0.1, 0.15) is 11.9 Å². The van der Waals surface area contributed by atoms with E-state index >= 15 is 0 Å². The van der Waals surface area contributed by atoms with Crippen molar-refractivity contribution in [3.8, 4) is 11.6 Å². The van der Waals surface area contributed by atoms with Crippen LogP contribution in [-0.4, -0.2) is 18.1 Å². The maximum atomic E-state index is 6.75. The number of pyridine rings is 1. The highest BCUT2D eigenvalue weighted by Crippen LogP contribution is 2.49. The fourth-order valence-corrected chi connectivity index (χ4v) is 5.38. The average Bonchev–Trinajstić information content (AvgIpc) is 3.21. The highest BCUT2D eigenvalue weighted by Gasteiger charge is 2.54. The lowest BCUT2D eigenvalue weighted by molar-refractivity contribution is -0.740. The van der Waals surface area contributed by atoms with Gasteiger partial charge in [-0.1, -0.05) is 72.8 Å². The lowest BCUT2D eigenvalue weighted by Gasteiger charge is -2.37. The van der Waals surface area contributed by atoms with Gasteiger partial charge in [-0.15, -0.1) is 4.57 Å². The zero-order valence-electron chi connectivity index (χ0n) is 19.7. The van der Waals surface area contributed by atoms with Crippen molar-refractivity contribution in [2.45, 2.75) is 25.6 Å². The molecule has 2 aliphatic rings. The van der Waals surface area contributed by atoms with Crippen molar-refractivity contribution in [2.75, 3.05) is 11.9 Å². The third-order valence-electron chi connectivity index (χ3n) is 7.21. The van der Waals surface area contributed by atoms with Crippen LogP contribution in [0.25, 0.3) is 0 Å². The lowest BCUT2D eigenvalue weighted by atomic mass is 9.75. The summed E-state index contributed by atoms with van der Waals surface area (Å²) in [5, 5.41) is 0. The lowest BCUT2D eigenvalue weighted by Crippen LogP contribution is -2.61. The number of fused-ring (bicyclic) bond motifs is 2. The molecular formula is C30H28N3O+. The molecule has 1 atom stereocenters. The number of ether oxygens (including phenoxy) is 1. The zero-order valence-corrected chi connectivity index (χ0v) is 19.7. The summed E-state index contributed by atoms with van der Waals surface area (Å²) in [6.45, 7) is 4.37. The number of aryl methyl sites for hydroxylation is 1. The van der Waals surface area contributed by atoms with Gasteiger partial charge in [0.15, 0.2) is 11.9 Å². The highest BCUT2D eigenvalue weighted by molar-refractivity contribution is 5.65. The largest absolute Gasteiger partial charge is 0.403 e. The van der Waals surface area contributed by atoms with Gasteiger partial charge in [-0.3, -0.25) is 0 Å². The van der Waals surface area contributed by atoms with Crippen molar-refractivity contribution in [1.29, 1.82) is 0 Å². The summed E-state index contributed by atoms with van der Waals surface area (Å²) >= 11 is 0. The number of hydrogen-bond acceptors (Lipinski definition) is 3. The molecule has 3 aromatic carbocycles. The van der Waals surface area contributed by atoms with Gasteiger partial charge >= 0.3 is 5.88 Å². The summed E-state index contributed by atoms with van der Waals surface area (Å²) < 4.78 is 9.07. The van der Waals surface area contributed by atoms with Crippen molar-refractivity contribution < 1.29 is 9.30 Å². The fourth-order valence-electron chi connectivity index (χ4n) is 5.38. The van der Waals surface area contributed by atoms with E-state index in [0.717, 1.165) is 22.9 Å². The Labute approximate surface area is 201 Å². The van der Waals surface area contributed by atoms with Gasteiger partial charge < -0.3 is 14.5 Å². The second-order valence-electron chi connectivity index (χ2n) is 9.07. The number of hydrogen-bond donors (Lipinski definition) is 0. The molecule has 4 nitrogen and oxygen atoms in total. The number of anilines is 1. The molecule has 0 radical (unpaired) electrons. The van der Waals surface area contributed by atoms with E-state index in [9.17, 15) is 0 Å². The maximum absolute atomic E-state index is 6.75. The van der Waals surface area contributed by atoms with E-state index in [-0.39, 0.29) is 6.17 Å². The van der Waals surface area contributed by atoms with E-state index in [4.69, 9.17) is 4.74 Å². The minimum Gasteiger partial charge on any atom is -0.403 e. The first-order valence-electron chi connectivity index (χ1n) is 11.7. The van der Waals surface area contributed by atoms with E-state index in [1.54, 1.807) is 0 Å². The van der Waals surface area contributed by atoms with E-state index in [2.05, 4.69) is 145 Å². The summed E-state index contributed by atoms with van der Waals surface area (Å²) in [5.41, 5.74) is 5.20. The first-order chi connectivity index (χ1) is 16.6. The van der Waals surface area contributed by atoms with Crippen molar-refractivity contribution >= 4 is 5.69 Å². The Morgan fingerprint density at radius 3 is 2.03 bits per heavy atom. The Morgan fingerprint density at radius 2 is 1.41 bits per heavy atom. The van der Waals surface area contributed by atoms with Crippen LogP contribution in [-0.2, 0) is 5.54 Å². The van der Waals surface area contributed by atoms with Gasteiger partial charge in [0, 0.05) is 36.6 Å². The number of nitrogens with zero attached hydrogens (tertiary/aromatic N) is 3. The standard InChI is InChI=1S/C30H28N3O/c1-22-18-19-33-29(28(22)32-21-20-31(3)23(32)2)34-27-17-11-10-16-26(27)30(33,24-12-6-4-7-13-24)25-14-8-5-9-15-25/h4-21,23H,1-3H3/q+1/t23-/m0/s1. The van der Waals surface area contributed by atoms with Gasteiger partial charge in [0.2, 0.25) is 0 Å². The predicted molar refractivity (Wildman–Crippen MR) is 135 cm³/mol. The van der Waals surface area contributed by atoms with Gasteiger partial charge in [-0.2, -0.15) is 0 Å². The molecular weight excluding hydrogens is 418 g/mol. The topological polar surface area (TPSA) is 19.6 Å². The van der Waals surface area contributed by atoms with Crippen molar-refractivity contribution in [3.05, 3.63) is 132 Å². The zero-order chi connectivity index (χ0) is 23.3. The Morgan fingerprint density at radius 1 is 0.794 bits per heavy atom. The molecule has 0 N–H and O–H groups in total. The molecule has 1 aromatic heterocycles. The molecule has 0 fully saturated rings. The summed E-state index contributed by atoms with van der Waals surface area (Å²) in [6.07, 6.45) is 6.63.